The van der Waals surface area contributed by atoms with E-state index in [9.17, 15) is 28.8 Å². The molecule has 1 amide bonds. The van der Waals surface area contributed by atoms with E-state index in [2.05, 4.69) is 238 Å². The molecule has 3 aromatic carbocycles. The summed E-state index contributed by atoms with van der Waals surface area (Å²) in [5.41, 5.74) is 12.3. The van der Waals surface area contributed by atoms with Crippen molar-refractivity contribution in [3.8, 4) is 17.2 Å². The Morgan fingerprint density at radius 3 is 1.07 bits per heavy atom. The SMILES string of the molecule is C=C(C)C(=O)OCCCC(=O)OCCOc1c(Br)cc(C(=C(C(C)C)C(C)C)C(C)C)cc1Br.C=CC(=O)OCCCC(=O)OCCOc1c(Br)cc(C(=C(C(C)C)C(C)C)C(C)C)cc1Br.C=CC(=O)OCCNC(=O)Oc1ccc(C(=C(C(C)C)C(C)C)C(C)C)cc1. The molecule has 0 bridgehead atoms. The lowest BCUT2D eigenvalue weighted by molar-refractivity contribution is -0.146. The van der Waals surface area contributed by atoms with Gasteiger partial charge in [-0.25, -0.2) is 19.2 Å². The van der Waals surface area contributed by atoms with Gasteiger partial charge in [0.05, 0.1) is 37.6 Å². The molecule has 95 heavy (non-hydrogen) atoms. The molecule has 0 aliphatic rings. The number of amides is 1. The Bertz CT molecular complexity index is 3040. The molecule has 0 spiro atoms. The van der Waals surface area contributed by atoms with E-state index >= 15 is 0 Å². The summed E-state index contributed by atoms with van der Waals surface area (Å²) >= 11 is 14.6. The van der Waals surface area contributed by atoms with Crippen molar-refractivity contribution in [3.05, 3.63) is 137 Å². The zero-order chi connectivity index (χ0) is 72.4. The van der Waals surface area contributed by atoms with Crippen LogP contribution in [0, 0.1) is 53.3 Å². The highest BCUT2D eigenvalue weighted by molar-refractivity contribution is 9.11. The first-order chi connectivity index (χ1) is 44.5. The molecule has 0 aliphatic heterocycles. The van der Waals surface area contributed by atoms with E-state index in [1.165, 1.54) is 33.4 Å². The van der Waals surface area contributed by atoms with Gasteiger partial charge in [0.15, 0.2) is 0 Å². The number of ether oxygens (including phenoxy) is 8. The summed E-state index contributed by atoms with van der Waals surface area (Å²) in [5.74, 6) is 3.54. The van der Waals surface area contributed by atoms with E-state index in [4.69, 9.17) is 37.9 Å². The van der Waals surface area contributed by atoms with Gasteiger partial charge < -0.3 is 43.2 Å². The summed E-state index contributed by atoms with van der Waals surface area (Å²) in [6, 6.07) is 16.0. The number of hydrogen-bond donors (Lipinski definition) is 1. The van der Waals surface area contributed by atoms with Gasteiger partial charge in [0.2, 0.25) is 0 Å². The van der Waals surface area contributed by atoms with Crippen molar-refractivity contribution in [2.45, 2.75) is 157 Å². The molecule has 0 radical (unpaired) electrons. The summed E-state index contributed by atoms with van der Waals surface area (Å²) in [5, 5.41) is 2.53. The highest BCUT2D eigenvalue weighted by atomic mass is 79.9. The first-order valence-corrected chi connectivity index (χ1v) is 35.9. The van der Waals surface area contributed by atoms with Crippen LogP contribution in [0.4, 0.5) is 4.79 Å². The van der Waals surface area contributed by atoms with Crippen LogP contribution in [0.5, 0.6) is 17.2 Å². The van der Waals surface area contributed by atoms with Gasteiger partial charge in [0, 0.05) is 30.6 Å². The van der Waals surface area contributed by atoms with E-state index < -0.39 is 24.0 Å². The number of allylic oxidation sites excluding steroid dienone is 6. The van der Waals surface area contributed by atoms with Crippen molar-refractivity contribution in [1.82, 2.24) is 5.32 Å². The Morgan fingerprint density at radius 2 is 0.758 bits per heavy atom. The maximum atomic E-state index is 11.9. The molecule has 0 saturated heterocycles. The monoisotopic (exact) mass is 1570 g/mol. The fourth-order valence-electron chi connectivity index (χ4n) is 11.0. The van der Waals surface area contributed by atoms with Crippen LogP contribution in [0.3, 0.4) is 0 Å². The van der Waals surface area contributed by atoms with Gasteiger partial charge in [-0.05, 0) is 207 Å². The highest BCUT2D eigenvalue weighted by Gasteiger charge is 2.24. The van der Waals surface area contributed by atoms with E-state index in [1.807, 2.05) is 12.1 Å². The predicted molar refractivity (Wildman–Crippen MR) is 398 cm³/mol. The van der Waals surface area contributed by atoms with Crippen LogP contribution in [0.15, 0.2) is 121 Å². The molecule has 3 aromatic rings. The van der Waals surface area contributed by atoms with Crippen molar-refractivity contribution in [3.63, 3.8) is 0 Å². The molecule has 15 nitrogen and oxygen atoms in total. The van der Waals surface area contributed by atoms with Crippen molar-refractivity contribution in [2.24, 2.45) is 53.3 Å². The number of hydrogen-bond acceptors (Lipinski definition) is 14. The Kier molecular flexibility index (Phi) is 42.0. The van der Waals surface area contributed by atoms with Gasteiger partial charge in [-0.3, -0.25) is 9.59 Å². The highest BCUT2D eigenvalue weighted by Crippen LogP contribution is 2.43. The second-order valence-electron chi connectivity index (χ2n) is 25.4. The number of benzene rings is 3. The molecule has 528 valence electrons. The maximum absolute atomic E-state index is 11.9. The minimum Gasteiger partial charge on any atom is -0.488 e. The Labute approximate surface area is 601 Å². The van der Waals surface area contributed by atoms with Gasteiger partial charge in [0.1, 0.15) is 50.3 Å². The minimum absolute atomic E-state index is 0.0641. The predicted octanol–water partition coefficient (Wildman–Crippen LogP) is 20.3. The first-order valence-electron chi connectivity index (χ1n) is 32.8. The molecule has 0 aliphatic carbocycles. The first kappa shape index (κ1) is 87.3. The van der Waals surface area contributed by atoms with Gasteiger partial charge in [-0.2, -0.15) is 0 Å². The summed E-state index contributed by atoms with van der Waals surface area (Å²) in [4.78, 5) is 68.7. The summed E-state index contributed by atoms with van der Waals surface area (Å²) < 4.78 is 45.4. The lowest BCUT2D eigenvalue weighted by Crippen LogP contribution is -2.30. The van der Waals surface area contributed by atoms with Crippen LogP contribution in [-0.4, -0.2) is 88.7 Å². The maximum Gasteiger partial charge on any atom is 0.412 e. The van der Waals surface area contributed by atoms with Crippen LogP contribution in [0.1, 0.15) is 174 Å². The molecule has 0 heterocycles. The molecule has 19 heteroatoms. The van der Waals surface area contributed by atoms with Gasteiger partial charge in [0.25, 0.3) is 0 Å². The average molecular weight is 1580 g/mol. The van der Waals surface area contributed by atoms with E-state index in [0.29, 0.717) is 88.9 Å². The van der Waals surface area contributed by atoms with Crippen LogP contribution in [0.2, 0.25) is 0 Å². The molecule has 0 aromatic heterocycles. The molecule has 0 atom stereocenters. The van der Waals surface area contributed by atoms with E-state index in [0.717, 1.165) is 46.7 Å². The minimum atomic E-state index is -0.591. The molecule has 0 fully saturated rings. The number of esters is 5. The van der Waals surface area contributed by atoms with Crippen LogP contribution >= 0.6 is 63.7 Å². The number of halogens is 4. The fraction of sp³-hybridized carbons (Fsp3) is 0.526. The van der Waals surface area contributed by atoms with Crippen molar-refractivity contribution >= 4 is 116 Å². The molecular weight excluding hydrogens is 1470 g/mol. The quantitative estimate of drug-likeness (QED) is 0.0253. The zero-order valence-corrected chi connectivity index (χ0v) is 66.1. The Morgan fingerprint density at radius 1 is 0.432 bits per heavy atom. The van der Waals surface area contributed by atoms with Crippen LogP contribution in [-0.2, 0) is 47.7 Å². The third-order valence-corrected chi connectivity index (χ3v) is 16.8. The Balaban J connectivity index is 0.000000716. The van der Waals surface area contributed by atoms with Gasteiger partial charge in [-0.15, -0.1) is 0 Å². The normalized spacial score (nSPS) is 10.9. The largest absolute Gasteiger partial charge is 0.488 e. The van der Waals surface area contributed by atoms with Crippen LogP contribution < -0.4 is 19.5 Å². The van der Waals surface area contributed by atoms with Crippen molar-refractivity contribution in [2.75, 3.05) is 52.8 Å². The molecule has 0 unspecified atom stereocenters. The standard InChI is InChI=1S/C27H38Br2O5.C26H36Br2O5.C23H33NO4/c1-16(2)24(17(3)4)25(18(5)6)20-14-21(28)26(22(29)15-20)33-13-12-32-23(30)10-9-11-34-27(31)19(7)8;1-8-22(29)31-11-9-10-23(30)32-12-13-33-26-20(27)14-19(15-21(26)28)25(18(6)7)24(16(2)3)17(4)5;1-8-20(25)27-14-13-24-23(26)28-19-11-9-18(10-12-19)22(17(6)7)21(15(2)3)16(4)5/h14-18H,7,9-13H2,1-6,8H3;8,14-18H,1,9-13H2,2-7H3;8-12,15-17H,1,13-14H2,2-7H3,(H,24,26). The molecule has 3 rings (SSSR count). The second-order valence-corrected chi connectivity index (χ2v) is 28.8. The smallest absolute Gasteiger partial charge is 0.412 e. The molecular formula is C76H107Br4NO14. The van der Waals surface area contributed by atoms with Crippen molar-refractivity contribution in [1.29, 1.82) is 0 Å². The van der Waals surface area contributed by atoms with Gasteiger partial charge >= 0.3 is 35.9 Å². The Hall–Kier alpha value is -5.76. The lowest BCUT2D eigenvalue weighted by atomic mass is 9.81. The van der Waals surface area contributed by atoms with Crippen molar-refractivity contribution < 1.29 is 66.7 Å². The topological polar surface area (TPSA) is 188 Å². The zero-order valence-electron chi connectivity index (χ0n) is 59.8. The summed E-state index contributed by atoms with van der Waals surface area (Å²) in [6.07, 6.45) is 2.72. The third kappa shape index (κ3) is 32.0. The average Bonchev–Trinajstić information content (AvgIpc) is 0.819. The molecule has 0 saturated carbocycles. The fourth-order valence-corrected chi connectivity index (χ4v) is 13.8. The summed E-state index contributed by atoms with van der Waals surface area (Å²) in [7, 11) is 0. The second kappa shape index (κ2) is 45.7. The number of nitrogens with one attached hydrogen (secondary N) is 1. The van der Waals surface area contributed by atoms with Gasteiger partial charge in [-0.1, -0.05) is 173 Å². The number of carbonyl (C=O) groups is 6. The van der Waals surface area contributed by atoms with E-state index in [1.54, 1.807) is 19.1 Å². The summed E-state index contributed by atoms with van der Waals surface area (Å²) in [6.45, 7) is 53.2. The van der Waals surface area contributed by atoms with E-state index in [-0.39, 0.29) is 77.6 Å². The number of carbonyl (C=O) groups excluding carboxylic acids is 6. The number of rotatable bonds is 35. The third-order valence-electron chi connectivity index (χ3n) is 14.4. The molecule has 1 N–H and O–H groups in total. The lowest BCUT2D eigenvalue weighted by Gasteiger charge is -2.25. The van der Waals surface area contributed by atoms with Crippen LogP contribution in [0.25, 0.3) is 16.7 Å².